The number of carbonyl (C=O) groups is 1. The third-order valence-electron chi connectivity index (χ3n) is 6.26. The highest BCUT2D eigenvalue weighted by Crippen LogP contribution is 2.26. The van der Waals surface area contributed by atoms with Gasteiger partial charge in [0.1, 0.15) is 16.8 Å². The van der Waals surface area contributed by atoms with Crippen LogP contribution in [0.2, 0.25) is 0 Å². The molecule has 0 bridgehead atoms. The minimum Gasteiger partial charge on any atom is -0.349 e. The second-order valence-electron chi connectivity index (χ2n) is 8.78. The first-order chi connectivity index (χ1) is 16.4. The van der Waals surface area contributed by atoms with Crippen LogP contribution >= 0.6 is 0 Å². The number of pyridine rings is 2. The third-order valence-corrected chi connectivity index (χ3v) is 7.48. The molecule has 34 heavy (non-hydrogen) atoms. The van der Waals surface area contributed by atoms with Crippen LogP contribution in [0.5, 0.6) is 0 Å². The van der Waals surface area contributed by atoms with Gasteiger partial charge in [0.2, 0.25) is 5.91 Å². The van der Waals surface area contributed by atoms with Gasteiger partial charge in [-0.15, -0.1) is 0 Å². The van der Waals surface area contributed by atoms with E-state index in [9.17, 15) is 13.4 Å². The lowest BCUT2D eigenvalue weighted by Crippen LogP contribution is -2.39. The first-order valence-corrected chi connectivity index (χ1v) is 12.7. The fraction of sp³-hybridized carbons (Fsp3) is 0.346. The van der Waals surface area contributed by atoms with Crippen molar-refractivity contribution < 1.29 is 13.4 Å². The predicted molar refractivity (Wildman–Crippen MR) is 130 cm³/mol. The zero-order chi connectivity index (χ0) is 24.1. The minimum absolute atomic E-state index is 0.0155. The van der Waals surface area contributed by atoms with E-state index in [0.717, 1.165) is 48.2 Å². The number of rotatable bonds is 7. The molecule has 6 nitrogen and oxygen atoms in total. The van der Waals surface area contributed by atoms with Gasteiger partial charge in [-0.25, -0.2) is 13.3 Å². The summed E-state index contributed by atoms with van der Waals surface area (Å²) in [5, 5.41) is 3.03. The zero-order valence-corrected chi connectivity index (χ0v) is 20.1. The number of nitrogens with zero attached hydrogens (tertiary/aromatic N) is 2. The summed E-state index contributed by atoms with van der Waals surface area (Å²) >= 11 is 0. The smallest absolute Gasteiger partial charge is 0.223 e. The molecule has 2 N–H and O–H groups in total. The van der Waals surface area contributed by atoms with Crippen molar-refractivity contribution in [2.45, 2.75) is 56.5 Å². The van der Waals surface area contributed by atoms with Gasteiger partial charge in [0.25, 0.3) is 0 Å². The van der Waals surface area contributed by atoms with Gasteiger partial charge in [0.05, 0.1) is 16.6 Å². The van der Waals surface area contributed by atoms with Gasteiger partial charge in [-0.05, 0) is 81.5 Å². The Labute approximate surface area is 202 Å². The summed E-state index contributed by atoms with van der Waals surface area (Å²) in [6.45, 7) is 3.83. The Bertz CT molecular complexity index is 1130. The van der Waals surface area contributed by atoms with Gasteiger partial charge >= 0.3 is 0 Å². The summed E-state index contributed by atoms with van der Waals surface area (Å²) in [7, 11) is -1.37. The van der Waals surface area contributed by atoms with E-state index in [2.05, 4.69) is 20.0 Å². The summed E-state index contributed by atoms with van der Waals surface area (Å²) < 4.78 is 29.1. The van der Waals surface area contributed by atoms with Crippen LogP contribution in [0, 0.1) is 18.7 Å². The Kier molecular flexibility index (Phi) is 7.80. The van der Waals surface area contributed by atoms with Gasteiger partial charge in [-0.3, -0.25) is 14.8 Å². The van der Waals surface area contributed by atoms with Crippen molar-refractivity contribution in [2.24, 2.45) is 5.92 Å². The van der Waals surface area contributed by atoms with Gasteiger partial charge in [-0.1, -0.05) is 12.1 Å². The van der Waals surface area contributed by atoms with E-state index in [1.165, 1.54) is 12.1 Å². The summed E-state index contributed by atoms with van der Waals surface area (Å²) in [5.74, 6) is -0.346. The maximum atomic E-state index is 13.1. The van der Waals surface area contributed by atoms with Crippen LogP contribution in [-0.2, 0) is 15.8 Å². The van der Waals surface area contributed by atoms with Gasteiger partial charge in [0, 0.05) is 35.6 Å². The van der Waals surface area contributed by atoms with Crippen molar-refractivity contribution in [3.05, 3.63) is 78.0 Å². The lowest BCUT2D eigenvalue weighted by atomic mass is 9.85. The van der Waals surface area contributed by atoms with E-state index in [1.54, 1.807) is 24.5 Å². The molecule has 0 spiro atoms. The van der Waals surface area contributed by atoms with E-state index >= 15 is 0 Å². The molecule has 1 aromatic carbocycles. The molecular formula is C26H29FN4O2S. The normalized spacial score (nSPS) is 19.9. The fourth-order valence-electron chi connectivity index (χ4n) is 4.14. The molecule has 2 atom stereocenters. The van der Waals surface area contributed by atoms with Crippen LogP contribution in [0.4, 0.5) is 4.39 Å². The molecule has 1 unspecified atom stereocenters. The highest BCUT2D eigenvalue weighted by atomic mass is 32.2. The highest BCUT2D eigenvalue weighted by Gasteiger charge is 2.28. The molecule has 0 radical (unpaired) electrons. The molecule has 0 saturated heterocycles. The molecule has 2 aromatic heterocycles. The summed E-state index contributed by atoms with van der Waals surface area (Å²) in [6, 6.07) is 13.7. The second-order valence-corrected chi connectivity index (χ2v) is 10.0. The number of aryl methyl sites for hydroxylation is 1. The largest absolute Gasteiger partial charge is 0.349 e. The third kappa shape index (κ3) is 6.12. The Hall–Kier alpha value is -2.97. The van der Waals surface area contributed by atoms with Crippen molar-refractivity contribution in [3.8, 4) is 11.3 Å². The van der Waals surface area contributed by atoms with Crippen LogP contribution in [0.1, 0.15) is 49.9 Å². The Morgan fingerprint density at radius 3 is 2.35 bits per heavy atom. The number of halogens is 1. The van der Waals surface area contributed by atoms with Crippen LogP contribution in [0.25, 0.3) is 11.3 Å². The second kappa shape index (κ2) is 11.0. The van der Waals surface area contributed by atoms with E-state index < -0.39 is 11.0 Å². The molecule has 1 aliphatic rings. The van der Waals surface area contributed by atoms with Crippen molar-refractivity contribution in [2.75, 3.05) is 0 Å². The first kappa shape index (κ1) is 24.2. The number of carbonyl (C=O) groups excluding carboxylic acids is 1. The Morgan fingerprint density at radius 2 is 1.74 bits per heavy atom. The lowest BCUT2D eigenvalue weighted by Gasteiger charge is -2.29. The molecule has 1 fully saturated rings. The van der Waals surface area contributed by atoms with Crippen molar-refractivity contribution in [1.82, 2.24) is 20.0 Å². The molecule has 1 saturated carbocycles. The lowest BCUT2D eigenvalue weighted by molar-refractivity contribution is -0.126. The quantitative estimate of drug-likeness (QED) is 0.516. The van der Waals surface area contributed by atoms with Crippen LogP contribution < -0.4 is 10.0 Å². The van der Waals surface area contributed by atoms with Gasteiger partial charge in [-0.2, -0.15) is 0 Å². The highest BCUT2D eigenvalue weighted by molar-refractivity contribution is 7.83. The molecule has 3 aromatic rings. The van der Waals surface area contributed by atoms with Gasteiger partial charge in [0.15, 0.2) is 0 Å². The van der Waals surface area contributed by atoms with Crippen molar-refractivity contribution in [1.29, 1.82) is 0 Å². The number of hydrogen-bond donors (Lipinski definition) is 2. The molecular weight excluding hydrogens is 451 g/mol. The molecule has 178 valence electrons. The minimum atomic E-state index is -1.37. The summed E-state index contributed by atoms with van der Waals surface area (Å²) in [4.78, 5) is 22.0. The summed E-state index contributed by atoms with van der Waals surface area (Å²) in [6.07, 6.45) is 6.42. The zero-order valence-electron chi connectivity index (χ0n) is 19.3. The van der Waals surface area contributed by atoms with Crippen molar-refractivity contribution >= 4 is 16.9 Å². The Balaban J connectivity index is 1.25. The number of amides is 1. The van der Waals surface area contributed by atoms with Crippen LogP contribution in [0.15, 0.2) is 65.8 Å². The molecule has 2 heterocycles. The SMILES string of the molecule is Cc1ccc(-c2ccc(S(=O)NC3CCC(C(=O)N[C@H](C)c4ccc(F)cc4)CC3)cn2)cn1. The molecule has 8 heteroatoms. The predicted octanol–water partition coefficient (Wildman–Crippen LogP) is 4.64. The van der Waals surface area contributed by atoms with E-state index in [1.807, 2.05) is 38.1 Å². The monoisotopic (exact) mass is 480 g/mol. The van der Waals surface area contributed by atoms with Crippen LogP contribution in [0.3, 0.4) is 0 Å². The van der Waals surface area contributed by atoms with E-state index in [-0.39, 0.29) is 29.7 Å². The molecule has 1 amide bonds. The maximum absolute atomic E-state index is 13.1. The number of benzene rings is 1. The van der Waals surface area contributed by atoms with E-state index in [4.69, 9.17) is 0 Å². The maximum Gasteiger partial charge on any atom is 0.223 e. The van der Waals surface area contributed by atoms with Gasteiger partial charge < -0.3 is 5.32 Å². The fourth-order valence-corrected chi connectivity index (χ4v) is 5.15. The standard InChI is InChI=1S/C26H29FN4O2S/c1-17-3-4-21(15-28-17)25-14-13-24(16-29-25)34(33)31-23-11-7-20(8-12-23)26(32)30-18(2)19-5-9-22(27)10-6-19/h3-6,9-10,13-16,18,20,23,31H,7-8,11-12H2,1-2H3,(H,30,32)/t18-,20?,23?,34?/m1/s1. The van der Waals surface area contributed by atoms with E-state index in [0.29, 0.717) is 4.90 Å². The molecule has 4 rings (SSSR count). The molecule has 1 aliphatic carbocycles. The number of hydrogen-bond acceptors (Lipinski definition) is 4. The first-order valence-electron chi connectivity index (χ1n) is 11.5. The number of aromatic nitrogens is 2. The van der Waals surface area contributed by atoms with Crippen molar-refractivity contribution in [3.63, 3.8) is 0 Å². The van der Waals surface area contributed by atoms with Crippen LogP contribution in [-0.4, -0.2) is 26.1 Å². The average molecular weight is 481 g/mol. The Morgan fingerprint density at radius 1 is 1.00 bits per heavy atom. The topological polar surface area (TPSA) is 84.0 Å². The molecule has 0 aliphatic heterocycles. The number of nitrogens with one attached hydrogen (secondary N) is 2. The average Bonchev–Trinajstić information content (AvgIpc) is 2.85. The summed E-state index contributed by atoms with van der Waals surface area (Å²) in [5.41, 5.74) is 3.52.